The van der Waals surface area contributed by atoms with Gasteiger partial charge in [0.1, 0.15) is 5.75 Å². The summed E-state index contributed by atoms with van der Waals surface area (Å²) >= 11 is 0. The molecule has 126 valence electrons. The van der Waals surface area contributed by atoms with Crippen LogP contribution in [0.1, 0.15) is 30.1 Å². The number of halogens is 3. The van der Waals surface area contributed by atoms with Crippen molar-refractivity contribution in [3.63, 3.8) is 0 Å². The van der Waals surface area contributed by atoms with E-state index in [0.29, 0.717) is 12.8 Å². The number of piperidine rings is 1. The Kier molecular flexibility index (Phi) is 4.82. The average molecular weight is 330 g/mol. The number of alkyl halides is 3. The number of benzene rings is 1. The molecular formula is C15H17F3N2O3. The third-order valence-electron chi connectivity index (χ3n) is 3.88. The maximum atomic E-state index is 12.5. The lowest BCUT2D eigenvalue weighted by molar-refractivity contribution is -0.274. The summed E-state index contributed by atoms with van der Waals surface area (Å²) in [4.78, 5) is 25.3. The Morgan fingerprint density at radius 3 is 2.35 bits per heavy atom. The van der Waals surface area contributed by atoms with Crippen molar-refractivity contribution < 1.29 is 27.5 Å². The van der Waals surface area contributed by atoms with Gasteiger partial charge in [0.2, 0.25) is 5.91 Å². The molecule has 1 heterocycles. The molecule has 1 saturated heterocycles. The molecule has 5 nitrogen and oxygen atoms in total. The summed E-state index contributed by atoms with van der Waals surface area (Å²) in [6.45, 7) is 2.08. The molecule has 2 atom stereocenters. The van der Waals surface area contributed by atoms with Crippen LogP contribution in [0.3, 0.4) is 0 Å². The van der Waals surface area contributed by atoms with Gasteiger partial charge in [0.05, 0.1) is 5.92 Å². The Labute approximate surface area is 131 Å². The molecule has 1 fully saturated rings. The van der Waals surface area contributed by atoms with Crippen LogP contribution in [0.4, 0.5) is 13.2 Å². The lowest BCUT2D eigenvalue weighted by atomic mass is 9.92. The molecular weight excluding hydrogens is 313 g/mol. The van der Waals surface area contributed by atoms with Crippen LogP contribution in [0, 0.1) is 5.92 Å². The quantitative estimate of drug-likeness (QED) is 0.924. The summed E-state index contributed by atoms with van der Waals surface area (Å²) in [6, 6.07) is 4.64. The third kappa shape index (κ3) is 4.37. The highest BCUT2D eigenvalue weighted by molar-refractivity contribution is 5.95. The van der Waals surface area contributed by atoms with Crippen molar-refractivity contribution >= 4 is 11.8 Å². The molecule has 0 aliphatic carbocycles. The summed E-state index contributed by atoms with van der Waals surface area (Å²) in [6.07, 6.45) is -3.51. The van der Waals surface area contributed by atoms with Gasteiger partial charge in [0, 0.05) is 18.2 Å². The van der Waals surface area contributed by atoms with E-state index in [0.717, 1.165) is 12.1 Å². The molecule has 1 aromatic rings. The number of rotatable bonds is 3. The molecule has 2 rings (SSSR count). The van der Waals surface area contributed by atoms with Crippen molar-refractivity contribution in [3.8, 4) is 5.75 Å². The molecule has 0 aromatic heterocycles. The zero-order valence-electron chi connectivity index (χ0n) is 12.5. The third-order valence-corrected chi connectivity index (χ3v) is 3.88. The minimum absolute atomic E-state index is 0.0656. The summed E-state index contributed by atoms with van der Waals surface area (Å²) < 4.78 is 40.1. The topological polar surface area (TPSA) is 72.6 Å². The molecule has 2 N–H and O–H groups in total. The molecule has 0 spiro atoms. The number of ether oxygens (including phenoxy) is 1. The van der Waals surface area contributed by atoms with Crippen LogP contribution in [0.2, 0.25) is 0 Å². The van der Waals surface area contributed by atoms with Crippen LogP contribution in [0.25, 0.3) is 0 Å². The van der Waals surface area contributed by atoms with Crippen molar-refractivity contribution in [2.24, 2.45) is 11.7 Å². The Hall–Kier alpha value is -2.25. The van der Waals surface area contributed by atoms with Gasteiger partial charge in [-0.2, -0.15) is 0 Å². The number of nitrogens with zero attached hydrogens (tertiary/aromatic N) is 1. The Bertz CT molecular complexity index is 587. The fraction of sp³-hybridized carbons (Fsp3) is 0.467. The molecule has 0 saturated carbocycles. The number of amides is 2. The van der Waals surface area contributed by atoms with Crippen molar-refractivity contribution in [3.05, 3.63) is 29.8 Å². The summed E-state index contributed by atoms with van der Waals surface area (Å²) in [5.41, 5.74) is 5.53. The molecule has 1 aromatic carbocycles. The van der Waals surface area contributed by atoms with E-state index in [2.05, 4.69) is 4.74 Å². The van der Waals surface area contributed by atoms with Crippen molar-refractivity contribution in [2.75, 3.05) is 6.54 Å². The van der Waals surface area contributed by atoms with E-state index in [-0.39, 0.29) is 24.1 Å². The average Bonchev–Trinajstić information content (AvgIpc) is 2.46. The lowest BCUT2D eigenvalue weighted by Crippen LogP contribution is -2.48. The van der Waals surface area contributed by atoms with Crippen LogP contribution < -0.4 is 10.5 Å². The van der Waals surface area contributed by atoms with Crippen LogP contribution in [0.15, 0.2) is 24.3 Å². The number of carbonyl (C=O) groups is 2. The fourth-order valence-corrected chi connectivity index (χ4v) is 2.59. The molecule has 0 unspecified atom stereocenters. The maximum Gasteiger partial charge on any atom is 0.573 e. The predicted octanol–water partition coefficient (Wildman–Crippen LogP) is 2.31. The van der Waals surface area contributed by atoms with Crippen molar-refractivity contribution in [2.45, 2.75) is 32.2 Å². The fourth-order valence-electron chi connectivity index (χ4n) is 2.59. The highest BCUT2D eigenvalue weighted by Gasteiger charge is 2.33. The highest BCUT2D eigenvalue weighted by Crippen LogP contribution is 2.26. The van der Waals surface area contributed by atoms with Gasteiger partial charge in [0.25, 0.3) is 5.91 Å². The van der Waals surface area contributed by atoms with E-state index < -0.39 is 23.9 Å². The normalized spacial score (nSPS) is 21.8. The van der Waals surface area contributed by atoms with Crippen LogP contribution in [-0.2, 0) is 4.79 Å². The van der Waals surface area contributed by atoms with Gasteiger partial charge in [-0.05, 0) is 44.0 Å². The monoisotopic (exact) mass is 330 g/mol. The second kappa shape index (κ2) is 6.47. The number of nitrogens with two attached hydrogens (primary N) is 1. The highest BCUT2D eigenvalue weighted by atomic mass is 19.4. The minimum Gasteiger partial charge on any atom is -0.406 e. The number of carbonyl (C=O) groups excluding carboxylic acids is 2. The second-order valence-corrected chi connectivity index (χ2v) is 5.56. The molecule has 0 bridgehead atoms. The summed E-state index contributed by atoms with van der Waals surface area (Å²) in [5, 5.41) is 0. The Morgan fingerprint density at radius 2 is 1.83 bits per heavy atom. The maximum absolute atomic E-state index is 12.5. The van der Waals surface area contributed by atoms with Crippen LogP contribution in [-0.4, -0.2) is 35.7 Å². The summed E-state index contributed by atoms with van der Waals surface area (Å²) in [7, 11) is 0. The molecule has 0 radical (unpaired) electrons. The SMILES string of the molecule is C[C@H]1CC[C@H](C(N)=O)CN1C(=O)c1ccc(OC(F)(F)F)cc1. The predicted molar refractivity (Wildman–Crippen MR) is 75.5 cm³/mol. The van der Waals surface area contributed by atoms with E-state index in [1.807, 2.05) is 6.92 Å². The number of hydrogen-bond donors (Lipinski definition) is 1. The summed E-state index contributed by atoms with van der Waals surface area (Å²) in [5.74, 6) is -1.59. The standard InChI is InChI=1S/C15H17F3N2O3/c1-9-2-3-11(13(19)21)8-20(9)14(22)10-4-6-12(7-5-10)23-15(16,17)18/h4-7,9,11H,2-3,8H2,1H3,(H2,19,21)/t9-,11-/m0/s1. The lowest BCUT2D eigenvalue weighted by Gasteiger charge is -2.37. The molecule has 2 amide bonds. The van der Waals surface area contributed by atoms with E-state index in [4.69, 9.17) is 5.73 Å². The number of primary amides is 1. The first kappa shape index (κ1) is 17.1. The van der Waals surface area contributed by atoms with Gasteiger partial charge >= 0.3 is 6.36 Å². The van der Waals surface area contributed by atoms with Crippen molar-refractivity contribution in [1.82, 2.24) is 4.90 Å². The van der Waals surface area contributed by atoms with Gasteiger partial charge in [-0.1, -0.05) is 0 Å². The first-order chi connectivity index (χ1) is 10.7. The molecule has 1 aliphatic heterocycles. The van der Waals surface area contributed by atoms with Gasteiger partial charge in [-0.25, -0.2) is 0 Å². The number of likely N-dealkylation sites (tertiary alicyclic amines) is 1. The zero-order chi connectivity index (χ0) is 17.2. The first-order valence-corrected chi connectivity index (χ1v) is 7.13. The second-order valence-electron chi connectivity index (χ2n) is 5.56. The van der Waals surface area contributed by atoms with Crippen LogP contribution in [0.5, 0.6) is 5.75 Å². The van der Waals surface area contributed by atoms with E-state index in [1.54, 1.807) is 0 Å². The van der Waals surface area contributed by atoms with E-state index in [1.165, 1.54) is 17.0 Å². The molecule has 8 heteroatoms. The van der Waals surface area contributed by atoms with Crippen LogP contribution >= 0.6 is 0 Å². The zero-order valence-corrected chi connectivity index (χ0v) is 12.5. The largest absolute Gasteiger partial charge is 0.573 e. The van der Waals surface area contributed by atoms with Crippen molar-refractivity contribution in [1.29, 1.82) is 0 Å². The first-order valence-electron chi connectivity index (χ1n) is 7.13. The van der Waals surface area contributed by atoms with E-state index in [9.17, 15) is 22.8 Å². The van der Waals surface area contributed by atoms with Gasteiger partial charge < -0.3 is 15.4 Å². The number of hydrogen-bond acceptors (Lipinski definition) is 3. The van der Waals surface area contributed by atoms with Gasteiger partial charge in [-0.15, -0.1) is 13.2 Å². The smallest absolute Gasteiger partial charge is 0.406 e. The molecule has 23 heavy (non-hydrogen) atoms. The van der Waals surface area contributed by atoms with Gasteiger partial charge in [0.15, 0.2) is 0 Å². The van der Waals surface area contributed by atoms with Gasteiger partial charge in [-0.3, -0.25) is 9.59 Å². The molecule has 1 aliphatic rings. The Morgan fingerprint density at radius 1 is 1.22 bits per heavy atom. The van der Waals surface area contributed by atoms with E-state index >= 15 is 0 Å². The Balaban J connectivity index is 2.11. The minimum atomic E-state index is -4.78.